The number of fused-ring (bicyclic) bond motifs is 2. The maximum Gasteiger partial charge on any atom is 0.328 e. The number of aromatic amines is 1. The number of aromatic nitrogens is 4. The maximum atomic E-state index is 14.1. The van der Waals surface area contributed by atoms with Gasteiger partial charge in [0.1, 0.15) is 23.2 Å². The van der Waals surface area contributed by atoms with Crippen molar-refractivity contribution in [2.24, 2.45) is 7.05 Å². The summed E-state index contributed by atoms with van der Waals surface area (Å²) in [7, 11) is -3.09. The first-order valence-corrected chi connectivity index (χ1v) is 12.1. The number of H-pyrrole nitrogens is 1. The molecule has 1 amide bonds. The monoisotopic (exact) mass is 525 g/mol. The first-order chi connectivity index (χ1) is 16.8. The fraction of sp³-hybridized carbons (Fsp3) is 0.238. The number of imidazole rings is 2. The van der Waals surface area contributed by atoms with E-state index in [1.165, 1.54) is 18.2 Å². The van der Waals surface area contributed by atoms with Crippen LogP contribution in [0.25, 0.3) is 22.1 Å². The third-order valence-corrected chi connectivity index (χ3v) is 6.48. The average Bonchev–Trinajstić information content (AvgIpc) is 3.36. The van der Waals surface area contributed by atoms with E-state index in [1.807, 2.05) is 0 Å². The molecular formula is C21H19F3N5O6P. The average molecular weight is 525 g/mol. The standard InChI is InChI=1S/C21H19F3N5O6P/c1-8(18-25-12-6-10(22)15(23)16(24)17(12)28-18)19-26-11-4-3-9(5-14(11)29(19)2)20(30)27-13(21(31)32)7-36(33,34)35/h3-6,8,13H,7H2,1-2H3,(H,25,28)(H,27,30)(H,31,32)(H2,33,34,35). The number of carbonyl (C=O) groups excluding carboxylic acids is 1. The summed E-state index contributed by atoms with van der Waals surface area (Å²) in [5.41, 5.74) is 0.510. The molecule has 2 aromatic carbocycles. The van der Waals surface area contributed by atoms with Gasteiger partial charge < -0.3 is 29.8 Å². The van der Waals surface area contributed by atoms with Crippen LogP contribution in [0.3, 0.4) is 0 Å². The highest BCUT2D eigenvalue weighted by Gasteiger charge is 2.29. The number of benzene rings is 2. The lowest BCUT2D eigenvalue weighted by Gasteiger charge is -2.15. The highest BCUT2D eigenvalue weighted by atomic mass is 31.2. The van der Waals surface area contributed by atoms with Crippen LogP contribution in [-0.2, 0) is 16.4 Å². The number of amides is 1. The maximum absolute atomic E-state index is 14.1. The van der Waals surface area contributed by atoms with Crippen LogP contribution in [0, 0.1) is 17.5 Å². The topological polar surface area (TPSA) is 170 Å². The molecule has 0 bridgehead atoms. The highest BCUT2D eigenvalue weighted by molar-refractivity contribution is 7.51. The van der Waals surface area contributed by atoms with E-state index in [0.717, 1.165) is 6.07 Å². The molecule has 0 aliphatic carbocycles. The summed E-state index contributed by atoms with van der Waals surface area (Å²) in [5.74, 6) is -6.86. The number of nitrogens with zero attached hydrogens (tertiary/aromatic N) is 3. The zero-order valence-electron chi connectivity index (χ0n) is 18.7. The molecule has 2 heterocycles. The molecule has 190 valence electrons. The van der Waals surface area contributed by atoms with Crippen molar-refractivity contribution in [1.29, 1.82) is 0 Å². The van der Waals surface area contributed by atoms with Crippen molar-refractivity contribution in [1.82, 2.24) is 24.8 Å². The normalized spacial score (nSPS) is 13.8. The molecule has 0 aliphatic rings. The van der Waals surface area contributed by atoms with Gasteiger partial charge in [0.25, 0.3) is 5.91 Å². The summed E-state index contributed by atoms with van der Waals surface area (Å²) in [6, 6.07) is 3.23. The molecule has 2 aromatic heterocycles. The lowest BCUT2D eigenvalue weighted by Crippen LogP contribution is -2.43. The Hall–Kier alpha value is -3.74. The summed E-state index contributed by atoms with van der Waals surface area (Å²) in [5, 5.41) is 11.3. The van der Waals surface area contributed by atoms with Gasteiger partial charge in [0, 0.05) is 18.7 Å². The molecule has 0 radical (unpaired) electrons. The van der Waals surface area contributed by atoms with Crippen LogP contribution in [0.4, 0.5) is 13.2 Å². The molecule has 36 heavy (non-hydrogen) atoms. The van der Waals surface area contributed by atoms with E-state index in [0.29, 0.717) is 16.9 Å². The molecular weight excluding hydrogens is 506 g/mol. The number of hydrogen-bond donors (Lipinski definition) is 5. The van der Waals surface area contributed by atoms with Gasteiger partial charge in [-0.25, -0.2) is 27.9 Å². The number of halogens is 3. The van der Waals surface area contributed by atoms with Crippen molar-refractivity contribution in [3.05, 3.63) is 58.9 Å². The minimum atomic E-state index is -4.71. The van der Waals surface area contributed by atoms with Crippen molar-refractivity contribution < 1.29 is 42.2 Å². The van der Waals surface area contributed by atoms with Crippen molar-refractivity contribution >= 4 is 41.5 Å². The fourth-order valence-corrected chi connectivity index (χ4v) is 4.53. The molecule has 2 atom stereocenters. The Morgan fingerprint density at radius 3 is 2.47 bits per heavy atom. The summed E-state index contributed by atoms with van der Waals surface area (Å²) in [6.07, 6.45) is -1.07. The number of hydrogen-bond acceptors (Lipinski definition) is 5. The molecule has 5 N–H and O–H groups in total. The Kier molecular flexibility index (Phi) is 6.37. The van der Waals surface area contributed by atoms with Crippen LogP contribution in [0.5, 0.6) is 0 Å². The van der Waals surface area contributed by atoms with Crippen LogP contribution >= 0.6 is 7.60 Å². The highest BCUT2D eigenvalue weighted by Crippen LogP contribution is 2.35. The number of aryl methyl sites for hydroxylation is 1. The number of carboxylic acid groups (broad SMARTS) is 1. The quantitative estimate of drug-likeness (QED) is 0.181. The third-order valence-electron chi connectivity index (χ3n) is 5.63. The van der Waals surface area contributed by atoms with Gasteiger partial charge in [0.05, 0.1) is 28.6 Å². The molecule has 0 aliphatic heterocycles. The number of nitrogens with one attached hydrogen (secondary N) is 2. The van der Waals surface area contributed by atoms with E-state index >= 15 is 0 Å². The second-order valence-corrected chi connectivity index (χ2v) is 9.86. The Bertz CT molecular complexity index is 1580. The zero-order chi connectivity index (χ0) is 26.5. The van der Waals surface area contributed by atoms with E-state index in [2.05, 4.69) is 20.3 Å². The Balaban J connectivity index is 1.66. The van der Waals surface area contributed by atoms with E-state index in [4.69, 9.17) is 9.79 Å². The Labute approximate surface area is 200 Å². The molecule has 11 nitrogen and oxygen atoms in total. The minimum absolute atomic E-state index is 0.0124. The van der Waals surface area contributed by atoms with E-state index < -0.39 is 55.0 Å². The van der Waals surface area contributed by atoms with E-state index in [9.17, 15) is 32.4 Å². The fourth-order valence-electron chi connectivity index (χ4n) is 3.80. The van der Waals surface area contributed by atoms with Crippen LogP contribution in [0.15, 0.2) is 24.3 Å². The lowest BCUT2D eigenvalue weighted by atomic mass is 10.1. The van der Waals surface area contributed by atoms with Crippen LogP contribution < -0.4 is 5.32 Å². The van der Waals surface area contributed by atoms with E-state index in [1.54, 1.807) is 18.5 Å². The van der Waals surface area contributed by atoms with Gasteiger partial charge in [0.2, 0.25) is 0 Å². The van der Waals surface area contributed by atoms with E-state index in [-0.39, 0.29) is 22.4 Å². The predicted octanol–water partition coefficient (Wildman–Crippen LogP) is 2.38. The molecule has 0 saturated carbocycles. The SMILES string of the molecule is CC(c1nc2cc(F)c(F)c(F)c2[nH]1)c1nc2ccc(C(=O)NC(CP(=O)(O)O)C(=O)O)cc2n1C. The van der Waals surface area contributed by atoms with Crippen molar-refractivity contribution in [3.8, 4) is 0 Å². The zero-order valence-corrected chi connectivity index (χ0v) is 19.6. The van der Waals surface area contributed by atoms with Gasteiger partial charge in [0.15, 0.2) is 17.5 Å². The third kappa shape index (κ3) is 4.70. The Morgan fingerprint density at radius 2 is 1.83 bits per heavy atom. The van der Waals surface area contributed by atoms with Crippen LogP contribution in [-0.4, -0.2) is 58.5 Å². The second kappa shape index (κ2) is 9.04. The molecule has 0 spiro atoms. The van der Waals surface area contributed by atoms with Crippen LogP contribution in [0.1, 0.15) is 34.8 Å². The molecule has 4 rings (SSSR count). The lowest BCUT2D eigenvalue weighted by molar-refractivity contribution is -0.138. The molecule has 2 unspecified atom stereocenters. The molecule has 0 fully saturated rings. The number of carboxylic acids is 1. The van der Waals surface area contributed by atoms with Crippen molar-refractivity contribution in [3.63, 3.8) is 0 Å². The smallest absolute Gasteiger partial charge is 0.328 e. The second-order valence-electron chi connectivity index (χ2n) is 8.17. The summed E-state index contributed by atoms with van der Waals surface area (Å²) in [6.45, 7) is 1.68. The summed E-state index contributed by atoms with van der Waals surface area (Å²) in [4.78, 5) is 53.3. The van der Waals surface area contributed by atoms with Crippen LogP contribution in [0.2, 0.25) is 0 Å². The largest absolute Gasteiger partial charge is 0.480 e. The first kappa shape index (κ1) is 25.4. The molecule has 0 saturated heterocycles. The first-order valence-electron chi connectivity index (χ1n) is 10.3. The van der Waals surface area contributed by atoms with Gasteiger partial charge in [-0.3, -0.25) is 9.36 Å². The summed E-state index contributed by atoms with van der Waals surface area (Å²) < 4.78 is 54.0. The number of aliphatic carboxylic acids is 1. The van der Waals surface area contributed by atoms with Crippen molar-refractivity contribution in [2.45, 2.75) is 18.9 Å². The van der Waals surface area contributed by atoms with Gasteiger partial charge >= 0.3 is 13.6 Å². The molecule has 4 aromatic rings. The minimum Gasteiger partial charge on any atom is -0.480 e. The predicted molar refractivity (Wildman–Crippen MR) is 120 cm³/mol. The van der Waals surface area contributed by atoms with Crippen molar-refractivity contribution in [2.75, 3.05) is 6.16 Å². The molecule has 15 heteroatoms. The Morgan fingerprint density at radius 1 is 1.14 bits per heavy atom. The number of carbonyl (C=O) groups is 2. The van der Waals surface area contributed by atoms with Gasteiger partial charge in [-0.1, -0.05) is 0 Å². The summed E-state index contributed by atoms with van der Waals surface area (Å²) >= 11 is 0. The number of rotatable bonds is 7. The van der Waals surface area contributed by atoms with Gasteiger partial charge in [-0.2, -0.15) is 0 Å². The van der Waals surface area contributed by atoms with Gasteiger partial charge in [-0.05, 0) is 25.1 Å². The van der Waals surface area contributed by atoms with Gasteiger partial charge in [-0.15, -0.1) is 0 Å².